The molecule has 5 nitrogen and oxygen atoms in total. The minimum Gasteiger partial charge on any atom is -0.743 e. The zero-order chi connectivity index (χ0) is 39.8. The van der Waals surface area contributed by atoms with E-state index in [-0.39, 0.29) is 16.3 Å². The van der Waals surface area contributed by atoms with E-state index in [9.17, 15) is 53.2 Å². The van der Waals surface area contributed by atoms with Gasteiger partial charge in [0.1, 0.15) is 5.75 Å². The molecule has 0 aliphatic rings. The van der Waals surface area contributed by atoms with Gasteiger partial charge in [-0.05, 0) is 103 Å². The van der Waals surface area contributed by atoms with E-state index in [2.05, 4.69) is 113 Å². The lowest BCUT2D eigenvalue weighted by Gasteiger charge is -2.31. The molecule has 0 fully saturated rings. The number of phenols is 1. The third-order valence-corrected chi connectivity index (χ3v) is 11.9. The molecule has 0 bridgehead atoms. The Morgan fingerprint density at radius 1 is 0.673 bits per heavy atom. The molecular formula is C36H35F8IO5S2. The molecule has 0 saturated carbocycles. The largest absolute Gasteiger partial charge is 0.743 e. The Labute approximate surface area is 313 Å². The molecule has 0 amide bonds. The summed E-state index contributed by atoms with van der Waals surface area (Å²) >= 11 is -0.406. The van der Waals surface area contributed by atoms with Crippen LogP contribution in [0.3, 0.4) is 0 Å². The standard InChI is InChI=1S/C32H34OS.C4HF8IO4S/c1-21-23(3)31(33)24(4)22(2)30(21)28-15-11-12-16-29(28)34(26-13-9-8-10-14-26)27-19-17-25(18-20-27)32(5,6)7;5-1(6,13)2(7,8)17-3(9,10)4(11,12)18(14,15)16/h8-20H,1-7H3;(H,14,15,16). The molecule has 4 rings (SSSR count). The Morgan fingerprint density at radius 3 is 1.56 bits per heavy atom. The van der Waals surface area contributed by atoms with E-state index in [0.29, 0.717) is 5.75 Å². The van der Waals surface area contributed by atoms with Gasteiger partial charge < -0.3 is 9.66 Å². The maximum absolute atomic E-state index is 12.4. The van der Waals surface area contributed by atoms with Crippen LogP contribution in [0, 0.1) is 27.7 Å². The van der Waals surface area contributed by atoms with Crippen LogP contribution in [0.4, 0.5) is 35.1 Å². The molecule has 0 aromatic heterocycles. The topological polar surface area (TPSA) is 86.7 Å². The summed E-state index contributed by atoms with van der Waals surface area (Å²) in [6.45, 7) is 15.1. The molecule has 0 saturated heterocycles. The summed E-state index contributed by atoms with van der Waals surface area (Å²) in [6.07, 6.45) is -12.8. The zero-order valence-corrected chi connectivity index (χ0v) is 32.6. The highest BCUT2D eigenvalue weighted by molar-refractivity contribution is 14.1. The molecule has 16 heteroatoms. The molecule has 0 aliphatic carbocycles. The third-order valence-electron chi connectivity index (χ3n) is 8.14. The molecule has 1 N–H and O–H groups in total. The van der Waals surface area contributed by atoms with Crippen LogP contribution in [-0.4, -0.2) is 39.5 Å². The first-order chi connectivity index (χ1) is 23.6. The first kappa shape index (κ1) is 43.5. The van der Waals surface area contributed by atoms with Crippen LogP contribution in [0.5, 0.6) is 5.75 Å². The molecule has 0 spiro atoms. The average molecular weight is 891 g/mol. The SMILES string of the molecule is Cc1c(C)c(-c2ccccc2[S+](c2ccccc2)c2ccc(C(C)(C)C)cc2)c(C)c(C)c1O.O=S(=O)([O-])C(F)(F)C(F)(F)OC(F)(F)C(F)(F)I. The molecule has 0 radical (unpaired) electrons. The lowest BCUT2D eigenvalue weighted by Crippen LogP contribution is -2.54. The number of aromatic hydroxyl groups is 1. The predicted molar refractivity (Wildman–Crippen MR) is 191 cm³/mol. The summed E-state index contributed by atoms with van der Waals surface area (Å²) in [7, 11) is -7.38. The third kappa shape index (κ3) is 9.05. The van der Waals surface area contributed by atoms with Gasteiger partial charge in [-0.3, -0.25) is 0 Å². The molecule has 0 heterocycles. The van der Waals surface area contributed by atoms with Crippen LogP contribution in [0.1, 0.15) is 48.6 Å². The fraction of sp³-hybridized carbons (Fsp3) is 0.333. The number of ether oxygens (including phenoxy) is 1. The number of alkyl halides is 9. The number of hydrogen-bond donors (Lipinski definition) is 1. The van der Waals surface area contributed by atoms with E-state index in [1.165, 1.54) is 31.4 Å². The Hall–Kier alpha value is -2.93. The van der Waals surface area contributed by atoms with Crippen molar-refractivity contribution in [2.24, 2.45) is 0 Å². The van der Waals surface area contributed by atoms with Crippen LogP contribution in [0.15, 0.2) is 93.5 Å². The zero-order valence-electron chi connectivity index (χ0n) is 28.8. The van der Waals surface area contributed by atoms with E-state index in [1.807, 2.05) is 18.6 Å². The normalized spacial score (nSPS) is 13.7. The smallest absolute Gasteiger partial charge is 0.438 e. The Balaban J connectivity index is 0.000000345. The number of hydrogen-bond acceptors (Lipinski definition) is 5. The van der Waals surface area contributed by atoms with Gasteiger partial charge in [0.25, 0.3) is 0 Å². The van der Waals surface area contributed by atoms with E-state index in [4.69, 9.17) is 0 Å². The van der Waals surface area contributed by atoms with Crippen LogP contribution in [0.25, 0.3) is 11.1 Å². The highest BCUT2D eigenvalue weighted by atomic mass is 127. The molecular weight excluding hydrogens is 855 g/mol. The second kappa shape index (κ2) is 15.4. The summed E-state index contributed by atoms with van der Waals surface area (Å²) in [5.41, 5.74) is 8.16. The van der Waals surface area contributed by atoms with Crippen molar-refractivity contribution in [1.82, 2.24) is 0 Å². The second-order valence-electron chi connectivity index (χ2n) is 12.7. The van der Waals surface area contributed by atoms with Gasteiger partial charge in [0, 0.05) is 28.2 Å². The van der Waals surface area contributed by atoms with E-state index >= 15 is 0 Å². The molecule has 284 valence electrons. The minimum absolute atomic E-state index is 0.122. The molecule has 0 aliphatic heterocycles. The summed E-state index contributed by atoms with van der Waals surface area (Å²) in [5.74, 6) is 0.413. The Kier molecular flexibility index (Phi) is 12.9. The van der Waals surface area contributed by atoms with Crippen molar-refractivity contribution in [2.45, 2.75) is 90.0 Å². The lowest BCUT2D eigenvalue weighted by atomic mass is 9.87. The minimum atomic E-state index is -7.12. The van der Waals surface area contributed by atoms with Crippen molar-refractivity contribution in [1.29, 1.82) is 0 Å². The van der Waals surface area contributed by atoms with Crippen LogP contribution in [0.2, 0.25) is 0 Å². The van der Waals surface area contributed by atoms with Gasteiger partial charge in [0.05, 0.1) is 10.9 Å². The summed E-state index contributed by atoms with van der Waals surface area (Å²) in [5, 5.41) is 4.02. The Morgan fingerprint density at radius 2 is 1.12 bits per heavy atom. The maximum atomic E-state index is 12.4. The second-order valence-corrected chi connectivity index (χ2v) is 17.5. The summed E-state index contributed by atoms with van der Waals surface area (Å²) in [4.78, 5) is 3.93. The summed E-state index contributed by atoms with van der Waals surface area (Å²) < 4.78 is 123. The fourth-order valence-electron chi connectivity index (χ4n) is 5.01. The highest BCUT2D eigenvalue weighted by Gasteiger charge is 2.71. The van der Waals surface area contributed by atoms with Gasteiger partial charge in [-0.25, -0.2) is 13.2 Å². The number of benzene rings is 4. The van der Waals surface area contributed by atoms with Gasteiger partial charge in [0.15, 0.2) is 24.8 Å². The lowest BCUT2D eigenvalue weighted by molar-refractivity contribution is -0.438. The average Bonchev–Trinajstić information content (AvgIpc) is 3.03. The van der Waals surface area contributed by atoms with Gasteiger partial charge in [-0.1, -0.05) is 63.2 Å². The van der Waals surface area contributed by atoms with Crippen LogP contribution < -0.4 is 0 Å². The number of rotatable bonds is 9. The quantitative estimate of drug-likeness (QED) is 0.0595. The van der Waals surface area contributed by atoms with Crippen LogP contribution in [-0.2, 0) is 31.2 Å². The maximum Gasteiger partial charge on any atom is 0.438 e. The van der Waals surface area contributed by atoms with Gasteiger partial charge in [0.2, 0.25) is 0 Å². The van der Waals surface area contributed by atoms with Gasteiger partial charge in [-0.15, -0.1) is 0 Å². The van der Waals surface area contributed by atoms with Gasteiger partial charge in [-0.2, -0.15) is 35.1 Å². The van der Waals surface area contributed by atoms with Crippen molar-refractivity contribution in [3.63, 3.8) is 0 Å². The van der Waals surface area contributed by atoms with Gasteiger partial charge >= 0.3 is 21.4 Å². The number of halogens is 9. The molecule has 4 aromatic carbocycles. The first-order valence-corrected chi connectivity index (χ1v) is 18.9. The molecule has 4 aromatic rings. The van der Waals surface area contributed by atoms with Crippen molar-refractivity contribution in [3.8, 4) is 16.9 Å². The molecule has 52 heavy (non-hydrogen) atoms. The summed E-state index contributed by atoms with van der Waals surface area (Å²) in [6, 6.07) is 28.8. The molecule has 1 unspecified atom stereocenters. The van der Waals surface area contributed by atoms with E-state index in [1.54, 1.807) is 0 Å². The van der Waals surface area contributed by atoms with Crippen LogP contribution >= 0.6 is 22.6 Å². The monoisotopic (exact) mass is 890 g/mol. The van der Waals surface area contributed by atoms with Crippen molar-refractivity contribution < 1.29 is 57.9 Å². The highest BCUT2D eigenvalue weighted by Crippen LogP contribution is 2.49. The number of phenolic OH excluding ortho intramolecular Hbond substituents is 1. The molecule has 1 atom stereocenters. The van der Waals surface area contributed by atoms with Crippen molar-refractivity contribution in [3.05, 3.63) is 107 Å². The fourth-order valence-corrected chi connectivity index (χ4v) is 7.67. The Bertz CT molecular complexity index is 1970. The predicted octanol–water partition coefficient (Wildman–Crippen LogP) is 11.0. The van der Waals surface area contributed by atoms with Crippen molar-refractivity contribution in [2.75, 3.05) is 0 Å². The van der Waals surface area contributed by atoms with Crippen molar-refractivity contribution >= 4 is 43.6 Å². The first-order valence-electron chi connectivity index (χ1n) is 15.2. The van der Waals surface area contributed by atoms with E-state index in [0.717, 1.165) is 22.3 Å². The van der Waals surface area contributed by atoms with E-state index < -0.39 is 54.1 Å².